The molecule has 0 aromatic carbocycles. The summed E-state index contributed by atoms with van der Waals surface area (Å²) in [5.41, 5.74) is -0.213. The van der Waals surface area contributed by atoms with Crippen LogP contribution in [-0.4, -0.2) is 25.8 Å². The zero-order chi connectivity index (χ0) is 11.4. The monoisotopic (exact) mass is 229 g/mol. The molecule has 0 aliphatic carbocycles. The third-order valence-electron chi connectivity index (χ3n) is 2.03. The lowest BCUT2D eigenvalue weighted by Crippen LogP contribution is -2.18. The Balaban J connectivity index is 2.85. The van der Waals surface area contributed by atoms with Gasteiger partial charge in [0.1, 0.15) is 5.78 Å². The van der Waals surface area contributed by atoms with Gasteiger partial charge in [-0.3, -0.25) is 9.36 Å². The van der Waals surface area contributed by atoms with E-state index >= 15 is 0 Å². The zero-order valence-electron chi connectivity index (χ0n) is 9.11. The minimum atomic E-state index is -0.213. The summed E-state index contributed by atoms with van der Waals surface area (Å²) in [6, 6.07) is 0. The number of rotatable bonds is 5. The van der Waals surface area contributed by atoms with E-state index < -0.39 is 0 Å². The third kappa shape index (κ3) is 2.95. The van der Waals surface area contributed by atoms with E-state index in [1.807, 2.05) is 13.8 Å². The first-order valence-electron chi connectivity index (χ1n) is 4.88. The van der Waals surface area contributed by atoms with Crippen molar-refractivity contribution in [1.82, 2.24) is 14.8 Å². The number of thioether (sulfide) groups is 1. The Morgan fingerprint density at radius 1 is 1.67 bits per heavy atom. The lowest BCUT2D eigenvalue weighted by Gasteiger charge is -2.07. The number of carbonyl (C=O) groups is 1. The summed E-state index contributed by atoms with van der Waals surface area (Å²) in [6.45, 7) is 5.96. The summed E-state index contributed by atoms with van der Waals surface area (Å²) < 4.78 is 1.56. The van der Waals surface area contributed by atoms with Gasteiger partial charge in [0, 0.05) is 6.54 Å². The quantitative estimate of drug-likeness (QED) is 0.766. The summed E-state index contributed by atoms with van der Waals surface area (Å²) in [5.74, 6) is 0.0819. The van der Waals surface area contributed by atoms with Crippen molar-refractivity contribution in [3.05, 3.63) is 10.5 Å². The lowest BCUT2D eigenvalue weighted by molar-refractivity contribution is -0.116. The average Bonchev–Trinajstić information content (AvgIpc) is 2.50. The van der Waals surface area contributed by atoms with Crippen molar-refractivity contribution in [3.8, 4) is 0 Å². The standard InChI is InChI=1S/C9H15N3O2S/c1-4-5-12-8(14)10-11-9(12)15-7(3)6(2)13/h7H,4-5H2,1-3H3,(H,10,14). The minimum Gasteiger partial charge on any atom is -0.299 e. The van der Waals surface area contributed by atoms with E-state index in [0.717, 1.165) is 6.42 Å². The molecule has 84 valence electrons. The number of carbonyl (C=O) groups excluding carboxylic acids is 1. The third-order valence-corrected chi connectivity index (χ3v) is 3.23. The summed E-state index contributed by atoms with van der Waals surface area (Å²) in [6.07, 6.45) is 0.863. The van der Waals surface area contributed by atoms with Crippen molar-refractivity contribution in [2.45, 2.75) is 44.1 Å². The second-order valence-corrected chi connectivity index (χ2v) is 4.64. The Labute approximate surface area is 92.3 Å². The first-order valence-corrected chi connectivity index (χ1v) is 5.76. The maximum atomic E-state index is 11.3. The predicted molar refractivity (Wildman–Crippen MR) is 59.1 cm³/mol. The SMILES string of the molecule is CCCn1c(SC(C)C(C)=O)n[nH]c1=O. The Morgan fingerprint density at radius 2 is 2.33 bits per heavy atom. The number of H-pyrrole nitrogens is 1. The molecule has 1 atom stereocenters. The number of aromatic amines is 1. The van der Waals surface area contributed by atoms with Gasteiger partial charge in [0.05, 0.1) is 5.25 Å². The molecular weight excluding hydrogens is 214 g/mol. The van der Waals surface area contributed by atoms with E-state index in [1.165, 1.54) is 18.7 Å². The number of Topliss-reactive ketones (excluding diaryl/α,β-unsaturated/α-hetero) is 1. The van der Waals surface area contributed by atoms with Crippen LogP contribution in [0.5, 0.6) is 0 Å². The van der Waals surface area contributed by atoms with E-state index in [4.69, 9.17) is 0 Å². The maximum Gasteiger partial charge on any atom is 0.343 e. The van der Waals surface area contributed by atoms with Crippen LogP contribution in [0.3, 0.4) is 0 Å². The van der Waals surface area contributed by atoms with Crippen LogP contribution < -0.4 is 5.69 Å². The van der Waals surface area contributed by atoms with Crippen molar-refractivity contribution >= 4 is 17.5 Å². The number of nitrogens with one attached hydrogen (secondary N) is 1. The van der Waals surface area contributed by atoms with Crippen LogP contribution in [0.4, 0.5) is 0 Å². The Hall–Kier alpha value is -1.04. The molecule has 0 spiro atoms. The van der Waals surface area contributed by atoms with Crippen LogP contribution in [0.15, 0.2) is 9.95 Å². The van der Waals surface area contributed by atoms with Crippen LogP contribution >= 0.6 is 11.8 Å². The van der Waals surface area contributed by atoms with Gasteiger partial charge in [0.15, 0.2) is 5.16 Å². The molecular formula is C9H15N3O2S. The number of hydrogen-bond acceptors (Lipinski definition) is 4. The second-order valence-electron chi connectivity index (χ2n) is 3.33. The van der Waals surface area contributed by atoms with Crippen LogP contribution in [0.25, 0.3) is 0 Å². The highest BCUT2D eigenvalue weighted by Gasteiger charge is 2.15. The number of hydrogen-bond donors (Lipinski definition) is 1. The molecule has 0 aliphatic rings. The van der Waals surface area contributed by atoms with Crippen LogP contribution in [-0.2, 0) is 11.3 Å². The highest BCUT2D eigenvalue weighted by molar-refractivity contribution is 8.00. The first kappa shape index (κ1) is 12.0. The Morgan fingerprint density at radius 3 is 2.87 bits per heavy atom. The van der Waals surface area contributed by atoms with Gasteiger partial charge in [0.25, 0.3) is 0 Å². The van der Waals surface area contributed by atoms with E-state index in [2.05, 4.69) is 10.2 Å². The molecule has 1 rings (SSSR count). The van der Waals surface area contributed by atoms with Crippen molar-refractivity contribution < 1.29 is 4.79 Å². The fourth-order valence-electron chi connectivity index (χ4n) is 1.06. The molecule has 5 nitrogen and oxygen atoms in total. The number of ketones is 1. The van der Waals surface area contributed by atoms with Gasteiger partial charge in [-0.25, -0.2) is 9.89 Å². The van der Waals surface area contributed by atoms with E-state index in [0.29, 0.717) is 11.7 Å². The van der Waals surface area contributed by atoms with Gasteiger partial charge in [-0.05, 0) is 20.3 Å². The molecule has 1 heterocycles. The molecule has 1 unspecified atom stereocenters. The molecule has 6 heteroatoms. The highest BCUT2D eigenvalue weighted by Crippen LogP contribution is 2.20. The van der Waals surface area contributed by atoms with Crippen LogP contribution in [0.1, 0.15) is 27.2 Å². The Kier molecular flexibility index (Phi) is 4.14. The van der Waals surface area contributed by atoms with Crippen molar-refractivity contribution in [3.63, 3.8) is 0 Å². The molecule has 0 saturated carbocycles. The fraction of sp³-hybridized carbons (Fsp3) is 0.667. The molecule has 0 bridgehead atoms. The fourth-order valence-corrected chi connectivity index (χ4v) is 1.94. The molecule has 1 aromatic rings. The summed E-state index contributed by atoms with van der Waals surface area (Å²) in [5, 5.41) is 6.70. The lowest BCUT2D eigenvalue weighted by atomic mass is 10.3. The Bertz CT molecular complexity index is 396. The second kappa shape index (κ2) is 5.16. The van der Waals surface area contributed by atoms with Crippen molar-refractivity contribution in [1.29, 1.82) is 0 Å². The minimum absolute atomic E-state index is 0.0819. The van der Waals surface area contributed by atoms with Gasteiger partial charge in [-0.1, -0.05) is 18.7 Å². The van der Waals surface area contributed by atoms with Gasteiger partial charge >= 0.3 is 5.69 Å². The molecule has 0 aliphatic heterocycles. The van der Waals surface area contributed by atoms with E-state index in [9.17, 15) is 9.59 Å². The number of aromatic nitrogens is 3. The number of nitrogens with zero attached hydrogens (tertiary/aromatic N) is 2. The maximum absolute atomic E-state index is 11.3. The molecule has 0 fully saturated rings. The predicted octanol–water partition coefficient (Wildman–Crippen LogP) is 1.05. The van der Waals surface area contributed by atoms with Crippen molar-refractivity contribution in [2.75, 3.05) is 0 Å². The molecule has 0 amide bonds. The molecule has 1 N–H and O–H groups in total. The van der Waals surface area contributed by atoms with Gasteiger partial charge < -0.3 is 0 Å². The highest BCUT2D eigenvalue weighted by atomic mass is 32.2. The normalized spacial score (nSPS) is 12.7. The smallest absolute Gasteiger partial charge is 0.299 e. The first-order chi connectivity index (χ1) is 7.06. The largest absolute Gasteiger partial charge is 0.343 e. The topological polar surface area (TPSA) is 67.8 Å². The summed E-state index contributed by atoms with van der Waals surface area (Å²) >= 11 is 1.31. The summed E-state index contributed by atoms with van der Waals surface area (Å²) in [4.78, 5) is 22.4. The summed E-state index contributed by atoms with van der Waals surface area (Å²) in [7, 11) is 0. The van der Waals surface area contributed by atoms with Crippen LogP contribution in [0.2, 0.25) is 0 Å². The van der Waals surface area contributed by atoms with Crippen molar-refractivity contribution in [2.24, 2.45) is 0 Å². The average molecular weight is 229 g/mol. The molecule has 0 radical (unpaired) electrons. The van der Waals surface area contributed by atoms with Crippen LogP contribution in [0, 0.1) is 0 Å². The van der Waals surface area contributed by atoms with E-state index in [-0.39, 0.29) is 16.7 Å². The van der Waals surface area contributed by atoms with E-state index in [1.54, 1.807) is 4.57 Å². The molecule has 0 saturated heterocycles. The van der Waals surface area contributed by atoms with Gasteiger partial charge in [0.2, 0.25) is 0 Å². The molecule has 15 heavy (non-hydrogen) atoms. The molecule has 1 aromatic heterocycles. The zero-order valence-corrected chi connectivity index (χ0v) is 9.93. The van der Waals surface area contributed by atoms with Gasteiger partial charge in [-0.2, -0.15) is 0 Å². The van der Waals surface area contributed by atoms with Gasteiger partial charge in [-0.15, -0.1) is 5.10 Å².